The maximum Gasteiger partial charge on any atom is 0.0813 e. The Kier molecular flexibility index (Phi) is 1.83. The summed E-state index contributed by atoms with van der Waals surface area (Å²) < 4.78 is 0. The number of anilines is 1. The van der Waals surface area contributed by atoms with Gasteiger partial charge in [0.15, 0.2) is 0 Å². The molecular weight excluding hydrogens is 160 g/mol. The molecule has 0 amide bonds. The van der Waals surface area contributed by atoms with Crippen LogP contribution in [-0.2, 0) is 0 Å². The lowest BCUT2D eigenvalue weighted by Gasteiger charge is -2.08. The molecule has 13 heavy (non-hydrogen) atoms. The Labute approximate surface area is 78.7 Å². The molecular formula is C11H14N2. The monoisotopic (exact) mass is 174 g/mol. The summed E-state index contributed by atoms with van der Waals surface area (Å²) >= 11 is 0. The smallest absolute Gasteiger partial charge is 0.0813 e. The molecule has 1 N–H and O–H groups in total. The van der Waals surface area contributed by atoms with E-state index in [1.807, 2.05) is 0 Å². The summed E-state index contributed by atoms with van der Waals surface area (Å²) in [6.45, 7) is 5.24. The second-order valence-corrected chi connectivity index (χ2v) is 3.68. The van der Waals surface area contributed by atoms with Crippen molar-refractivity contribution in [1.29, 1.82) is 5.41 Å². The van der Waals surface area contributed by atoms with Gasteiger partial charge in [0.25, 0.3) is 0 Å². The minimum atomic E-state index is 0.349. The lowest BCUT2D eigenvalue weighted by molar-refractivity contribution is 1.26. The summed E-state index contributed by atoms with van der Waals surface area (Å²) in [4.78, 5) is 2.24. The van der Waals surface area contributed by atoms with E-state index in [4.69, 9.17) is 5.41 Å². The molecule has 2 heteroatoms. The molecule has 1 unspecified atom stereocenters. The minimum Gasteiger partial charge on any atom is -0.359 e. The van der Waals surface area contributed by atoms with Gasteiger partial charge in [-0.05, 0) is 25.5 Å². The summed E-state index contributed by atoms with van der Waals surface area (Å²) in [6, 6.07) is 6.81. The van der Waals surface area contributed by atoms with Gasteiger partial charge in [-0.15, -0.1) is 0 Å². The highest BCUT2D eigenvalue weighted by Crippen LogP contribution is 2.29. The molecule has 0 aromatic heterocycles. The molecule has 1 aromatic rings. The van der Waals surface area contributed by atoms with Crippen LogP contribution in [0.25, 0.3) is 0 Å². The quantitative estimate of drug-likeness (QED) is 0.539. The van der Waals surface area contributed by atoms with Gasteiger partial charge in [0.05, 0.1) is 6.04 Å². The van der Waals surface area contributed by atoms with Crippen LogP contribution in [0.2, 0.25) is 0 Å². The number of hydrogen-bond acceptors (Lipinski definition) is 2. The first kappa shape index (κ1) is 8.30. The van der Waals surface area contributed by atoms with Crippen LogP contribution >= 0.6 is 0 Å². The molecule has 0 radical (unpaired) electrons. The predicted molar refractivity (Wildman–Crippen MR) is 55.8 cm³/mol. The Morgan fingerprint density at radius 1 is 1.46 bits per heavy atom. The third-order valence-corrected chi connectivity index (χ3v) is 2.50. The molecule has 2 nitrogen and oxygen atoms in total. The fourth-order valence-electron chi connectivity index (χ4n) is 1.70. The molecule has 1 aromatic carbocycles. The van der Waals surface area contributed by atoms with Gasteiger partial charge >= 0.3 is 0 Å². The van der Waals surface area contributed by atoms with E-state index in [-0.39, 0.29) is 0 Å². The van der Waals surface area contributed by atoms with Crippen LogP contribution in [0.3, 0.4) is 0 Å². The molecule has 0 saturated carbocycles. The lowest BCUT2D eigenvalue weighted by atomic mass is 10.1. The number of aryl methyl sites for hydroxylation is 2. The van der Waals surface area contributed by atoms with Crippen LogP contribution < -0.4 is 4.90 Å². The lowest BCUT2D eigenvalue weighted by Crippen LogP contribution is -2.01. The molecule has 1 atom stereocenters. The Morgan fingerprint density at radius 2 is 2.23 bits per heavy atom. The standard InChI is InChI=1S/C11H14N2/c1-8-3-4-11(9(2)5-8)13-7-10(13)6-12/h3-6,10,12H,7H2,1-2H3. The third-order valence-electron chi connectivity index (χ3n) is 2.50. The van der Waals surface area contributed by atoms with Crippen molar-refractivity contribution >= 4 is 11.9 Å². The Bertz CT molecular complexity index is 344. The van der Waals surface area contributed by atoms with E-state index in [2.05, 4.69) is 36.9 Å². The summed E-state index contributed by atoms with van der Waals surface area (Å²) in [6.07, 6.45) is 1.51. The zero-order chi connectivity index (χ0) is 9.42. The van der Waals surface area contributed by atoms with E-state index in [0.717, 1.165) is 6.54 Å². The molecule has 0 spiro atoms. The van der Waals surface area contributed by atoms with Gasteiger partial charge in [-0.1, -0.05) is 17.7 Å². The van der Waals surface area contributed by atoms with E-state index in [1.165, 1.54) is 23.0 Å². The Balaban J connectivity index is 2.27. The van der Waals surface area contributed by atoms with Crippen molar-refractivity contribution in [2.24, 2.45) is 0 Å². The Morgan fingerprint density at radius 3 is 2.77 bits per heavy atom. The number of hydrogen-bond donors (Lipinski definition) is 1. The Hall–Kier alpha value is -1.31. The van der Waals surface area contributed by atoms with Gasteiger partial charge in [-0.3, -0.25) is 0 Å². The van der Waals surface area contributed by atoms with E-state index in [9.17, 15) is 0 Å². The van der Waals surface area contributed by atoms with Crippen LogP contribution in [0, 0.1) is 19.3 Å². The molecule has 1 heterocycles. The second-order valence-electron chi connectivity index (χ2n) is 3.68. The SMILES string of the molecule is Cc1ccc(N2CC2C=N)c(C)c1. The molecule has 2 rings (SSSR count). The van der Waals surface area contributed by atoms with Gasteiger partial charge in [-0.25, -0.2) is 0 Å². The maximum absolute atomic E-state index is 7.15. The zero-order valence-corrected chi connectivity index (χ0v) is 8.04. The van der Waals surface area contributed by atoms with Gasteiger partial charge in [0.1, 0.15) is 0 Å². The van der Waals surface area contributed by atoms with Crippen molar-refractivity contribution in [2.45, 2.75) is 19.9 Å². The molecule has 68 valence electrons. The summed E-state index contributed by atoms with van der Waals surface area (Å²) in [5.74, 6) is 0. The average Bonchev–Trinajstić information content (AvgIpc) is 2.83. The van der Waals surface area contributed by atoms with Crippen LogP contribution in [0.4, 0.5) is 5.69 Å². The minimum absolute atomic E-state index is 0.349. The van der Waals surface area contributed by atoms with Gasteiger partial charge < -0.3 is 10.3 Å². The molecule has 1 fully saturated rings. The molecule has 0 bridgehead atoms. The predicted octanol–water partition coefficient (Wildman–Crippen LogP) is 2.14. The van der Waals surface area contributed by atoms with Crippen molar-refractivity contribution in [3.63, 3.8) is 0 Å². The van der Waals surface area contributed by atoms with Crippen molar-refractivity contribution in [3.05, 3.63) is 29.3 Å². The maximum atomic E-state index is 7.15. The topological polar surface area (TPSA) is 26.9 Å². The van der Waals surface area contributed by atoms with E-state index in [1.54, 1.807) is 0 Å². The first-order valence-corrected chi connectivity index (χ1v) is 4.57. The summed E-state index contributed by atoms with van der Waals surface area (Å²) in [7, 11) is 0. The first-order valence-electron chi connectivity index (χ1n) is 4.57. The van der Waals surface area contributed by atoms with Crippen molar-refractivity contribution in [1.82, 2.24) is 0 Å². The van der Waals surface area contributed by atoms with Crippen LogP contribution in [0.5, 0.6) is 0 Å². The van der Waals surface area contributed by atoms with Crippen molar-refractivity contribution in [3.8, 4) is 0 Å². The number of nitrogens with zero attached hydrogens (tertiary/aromatic N) is 1. The number of rotatable bonds is 2. The van der Waals surface area contributed by atoms with Gasteiger partial charge in [0.2, 0.25) is 0 Å². The highest BCUT2D eigenvalue weighted by molar-refractivity contribution is 5.77. The fraction of sp³-hybridized carbons (Fsp3) is 0.364. The number of benzene rings is 1. The normalized spacial score (nSPS) is 20.2. The van der Waals surface area contributed by atoms with E-state index >= 15 is 0 Å². The highest BCUT2D eigenvalue weighted by Gasteiger charge is 2.32. The number of nitrogens with one attached hydrogen (secondary N) is 1. The first-order chi connectivity index (χ1) is 6.22. The molecule has 0 aliphatic carbocycles. The average molecular weight is 174 g/mol. The molecule has 1 aliphatic heterocycles. The summed E-state index contributed by atoms with van der Waals surface area (Å²) in [5, 5.41) is 7.15. The van der Waals surface area contributed by atoms with Gasteiger partial charge in [0, 0.05) is 18.4 Å². The second kappa shape index (κ2) is 2.87. The van der Waals surface area contributed by atoms with Crippen molar-refractivity contribution < 1.29 is 0 Å². The zero-order valence-electron chi connectivity index (χ0n) is 8.04. The van der Waals surface area contributed by atoms with Crippen LogP contribution in [0.15, 0.2) is 18.2 Å². The van der Waals surface area contributed by atoms with E-state index < -0.39 is 0 Å². The molecule has 1 saturated heterocycles. The van der Waals surface area contributed by atoms with E-state index in [0.29, 0.717) is 6.04 Å². The van der Waals surface area contributed by atoms with Crippen LogP contribution in [-0.4, -0.2) is 18.8 Å². The largest absolute Gasteiger partial charge is 0.359 e. The van der Waals surface area contributed by atoms with Crippen molar-refractivity contribution in [2.75, 3.05) is 11.4 Å². The molecule has 1 aliphatic rings. The highest BCUT2D eigenvalue weighted by atomic mass is 15.3. The fourth-order valence-corrected chi connectivity index (χ4v) is 1.70. The summed E-state index contributed by atoms with van der Waals surface area (Å²) in [5.41, 5.74) is 3.89. The van der Waals surface area contributed by atoms with Crippen LogP contribution in [0.1, 0.15) is 11.1 Å². The van der Waals surface area contributed by atoms with Gasteiger partial charge in [-0.2, -0.15) is 0 Å². The third kappa shape index (κ3) is 1.44.